The lowest BCUT2D eigenvalue weighted by Gasteiger charge is -2.37. The zero-order valence-corrected chi connectivity index (χ0v) is 12.2. The van der Waals surface area contributed by atoms with Crippen molar-refractivity contribution in [2.45, 2.75) is 38.6 Å². The topological polar surface area (TPSA) is 63.4 Å². The average molecular weight is 292 g/mol. The third-order valence-corrected chi connectivity index (χ3v) is 4.17. The molecule has 4 nitrogen and oxygen atoms in total. The molecular formula is C16H21FN2O2. The van der Waals surface area contributed by atoms with Crippen molar-refractivity contribution in [1.29, 1.82) is 0 Å². The average Bonchev–Trinajstić information content (AvgIpc) is 2.46. The Kier molecular flexibility index (Phi) is 4.94. The summed E-state index contributed by atoms with van der Waals surface area (Å²) in [5, 5.41) is 0. The molecule has 0 unspecified atom stereocenters. The quantitative estimate of drug-likeness (QED) is 0.921. The Morgan fingerprint density at radius 1 is 1.33 bits per heavy atom. The minimum absolute atomic E-state index is 0.0447. The highest BCUT2D eigenvalue weighted by atomic mass is 19.1. The molecule has 2 atom stereocenters. The zero-order valence-electron chi connectivity index (χ0n) is 12.2. The van der Waals surface area contributed by atoms with Gasteiger partial charge in [0, 0.05) is 19.0 Å². The van der Waals surface area contributed by atoms with E-state index in [2.05, 4.69) is 0 Å². The van der Waals surface area contributed by atoms with Crippen LogP contribution in [-0.2, 0) is 16.0 Å². The van der Waals surface area contributed by atoms with E-state index >= 15 is 0 Å². The summed E-state index contributed by atoms with van der Waals surface area (Å²) >= 11 is 0. The molecule has 5 heteroatoms. The van der Waals surface area contributed by atoms with E-state index in [9.17, 15) is 14.0 Å². The molecule has 0 saturated carbocycles. The Morgan fingerprint density at radius 3 is 2.71 bits per heavy atom. The van der Waals surface area contributed by atoms with Crippen molar-refractivity contribution in [3.8, 4) is 0 Å². The van der Waals surface area contributed by atoms with Crippen LogP contribution in [0.25, 0.3) is 0 Å². The van der Waals surface area contributed by atoms with Crippen LogP contribution in [0.2, 0.25) is 0 Å². The fraction of sp³-hybridized carbons (Fsp3) is 0.500. The number of carbonyl (C=O) groups is 2. The van der Waals surface area contributed by atoms with Crippen LogP contribution in [0.5, 0.6) is 0 Å². The maximum absolute atomic E-state index is 13.5. The van der Waals surface area contributed by atoms with Gasteiger partial charge >= 0.3 is 0 Å². The van der Waals surface area contributed by atoms with E-state index in [-0.39, 0.29) is 36.0 Å². The second-order valence-corrected chi connectivity index (χ2v) is 5.66. The summed E-state index contributed by atoms with van der Waals surface area (Å²) in [7, 11) is 0. The Morgan fingerprint density at radius 2 is 2.05 bits per heavy atom. The van der Waals surface area contributed by atoms with Gasteiger partial charge in [-0.05, 0) is 37.8 Å². The number of likely N-dealkylation sites (tertiary alicyclic amines) is 1. The van der Waals surface area contributed by atoms with Crippen LogP contribution in [-0.4, -0.2) is 29.3 Å². The summed E-state index contributed by atoms with van der Waals surface area (Å²) in [5.41, 5.74) is 5.88. The number of nitrogens with zero attached hydrogens (tertiary/aromatic N) is 1. The number of carbonyl (C=O) groups excluding carboxylic acids is 2. The normalized spacial score (nSPS) is 22.1. The lowest BCUT2D eigenvalue weighted by atomic mass is 9.92. The number of hydrogen-bond donors (Lipinski definition) is 1. The summed E-state index contributed by atoms with van der Waals surface area (Å²) in [6, 6.07) is 6.58. The number of piperidine rings is 1. The van der Waals surface area contributed by atoms with Crippen LogP contribution in [0, 0.1) is 11.7 Å². The number of rotatable bonds is 4. The zero-order chi connectivity index (χ0) is 15.4. The summed E-state index contributed by atoms with van der Waals surface area (Å²) < 4.78 is 13.5. The standard InChI is InChI=1S/C16H21FN2O2/c1-11-6-7-13(16(18)21)10-19(11)15(20)9-8-12-4-2-3-5-14(12)17/h2-5,11,13H,6-10H2,1H3,(H2,18,21)/t11-,13-/m0/s1. The number of halogens is 1. The van der Waals surface area contributed by atoms with E-state index < -0.39 is 0 Å². The Labute approximate surface area is 124 Å². The number of aryl methyl sites for hydroxylation is 1. The van der Waals surface area contributed by atoms with Crippen LogP contribution >= 0.6 is 0 Å². The summed E-state index contributed by atoms with van der Waals surface area (Å²) in [4.78, 5) is 25.3. The van der Waals surface area contributed by atoms with Crippen molar-refractivity contribution in [3.05, 3.63) is 35.6 Å². The largest absolute Gasteiger partial charge is 0.369 e. The van der Waals surface area contributed by atoms with Crippen LogP contribution < -0.4 is 5.73 Å². The van der Waals surface area contributed by atoms with Gasteiger partial charge in [0.15, 0.2) is 0 Å². The predicted octanol–water partition coefficient (Wildman–Crippen LogP) is 1.87. The molecule has 0 radical (unpaired) electrons. The highest BCUT2D eigenvalue weighted by molar-refractivity contribution is 5.80. The van der Waals surface area contributed by atoms with E-state index in [0.29, 0.717) is 18.5 Å². The number of benzene rings is 1. The van der Waals surface area contributed by atoms with Gasteiger partial charge < -0.3 is 10.6 Å². The summed E-state index contributed by atoms with van der Waals surface area (Å²) in [6.07, 6.45) is 2.12. The van der Waals surface area contributed by atoms with Crippen LogP contribution in [0.15, 0.2) is 24.3 Å². The highest BCUT2D eigenvalue weighted by Crippen LogP contribution is 2.23. The first-order valence-corrected chi connectivity index (χ1v) is 7.31. The molecule has 0 aliphatic carbocycles. The second-order valence-electron chi connectivity index (χ2n) is 5.66. The Bertz CT molecular complexity index is 533. The molecule has 1 aliphatic rings. The number of hydrogen-bond acceptors (Lipinski definition) is 2. The second kappa shape index (κ2) is 6.70. The molecule has 1 saturated heterocycles. The first-order valence-electron chi connectivity index (χ1n) is 7.31. The van der Waals surface area contributed by atoms with Crippen molar-refractivity contribution in [2.75, 3.05) is 6.54 Å². The number of nitrogens with two attached hydrogens (primary N) is 1. The maximum atomic E-state index is 13.5. The van der Waals surface area contributed by atoms with Gasteiger partial charge in [-0.1, -0.05) is 18.2 Å². The van der Waals surface area contributed by atoms with E-state index in [1.807, 2.05) is 6.92 Å². The van der Waals surface area contributed by atoms with Gasteiger partial charge in [-0.15, -0.1) is 0 Å². The molecule has 1 aliphatic heterocycles. The number of primary amides is 1. The highest BCUT2D eigenvalue weighted by Gasteiger charge is 2.31. The lowest BCUT2D eigenvalue weighted by Crippen LogP contribution is -2.48. The molecule has 21 heavy (non-hydrogen) atoms. The third kappa shape index (κ3) is 3.80. The minimum Gasteiger partial charge on any atom is -0.369 e. The first kappa shape index (κ1) is 15.5. The molecule has 0 spiro atoms. The van der Waals surface area contributed by atoms with Gasteiger partial charge in [0.05, 0.1) is 5.92 Å². The Hall–Kier alpha value is -1.91. The molecule has 1 heterocycles. The minimum atomic E-state index is -0.353. The smallest absolute Gasteiger partial charge is 0.223 e. The summed E-state index contributed by atoms with van der Waals surface area (Å²) in [6.45, 7) is 2.35. The SMILES string of the molecule is C[C@H]1CC[C@H](C(N)=O)CN1C(=O)CCc1ccccc1F. The summed E-state index contributed by atoms with van der Waals surface area (Å²) in [5.74, 6) is -0.948. The van der Waals surface area contributed by atoms with E-state index in [1.165, 1.54) is 6.07 Å². The van der Waals surface area contributed by atoms with Crippen LogP contribution in [0.1, 0.15) is 31.7 Å². The van der Waals surface area contributed by atoms with Crippen molar-refractivity contribution >= 4 is 11.8 Å². The third-order valence-electron chi connectivity index (χ3n) is 4.17. The molecule has 114 valence electrons. The van der Waals surface area contributed by atoms with Gasteiger partial charge in [-0.2, -0.15) is 0 Å². The van der Waals surface area contributed by atoms with E-state index in [1.54, 1.807) is 23.1 Å². The molecule has 1 aromatic rings. The van der Waals surface area contributed by atoms with Crippen molar-refractivity contribution in [2.24, 2.45) is 11.7 Å². The molecule has 0 aromatic heterocycles. The predicted molar refractivity (Wildman–Crippen MR) is 77.8 cm³/mol. The fourth-order valence-electron chi connectivity index (χ4n) is 2.77. The van der Waals surface area contributed by atoms with Crippen molar-refractivity contribution in [1.82, 2.24) is 4.90 Å². The van der Waals surface area contributed by atoms with Gasteiger partial charge in [-0.3, -0.25) is 9.59 Å². The monoisotopic (exact) mass is 292 g/mol. The van der Waals surface area contributed by atoms with Gasteiger partial charge in [-0.25, -0.2) is 4.39 Å². The molecule has 2 N–H and O–H groups in total. The van der Waals surface area contributed by atoms with Crippen LogP contribution in [0.4, 0.5) is 4.39 Å². The fourth-order valence-corrected chi connectivity index (χ4v) is 2.77. The maximum Gasteiger partial charge on any atom is 0.223 e. The van der Waals surface area contributed by atoms with Crippen molar-refractivity contribution in [3.63, 3.8) is 0 Å². The van der Waals surface area contributed by atoms with Gasteiger partial charge in [0.25, 0.3) is 0 Å². The molecule has 1 aromatic carbocycles. The van der Waals surface area contributed by atoms with Crippen molar-refractivity contribution < 1.29 is 14.0 Å². The van der Waals surface area contributed by atoms with Gasteiger partial charge in [0.2, 0.25) is 11.8 Å². The van der Waals surface area contributed by atoms with Gasteiger partial charge in [0.1, 0.15) is 5.82 Å². The van der Waals surface area contributed by atoms with E-state index in [4.69, 9.17) is 5.73 Å². The molecule has 0 bridgehead atoms. The van der Waals surface area contributed by atoms with E-state index in [0.717, 1.165) is 12.8 Å². The molecule has 2 rings (SSSR count). The lowest BCUT2D eigenvalue weighted by molar-refractivity contribution is -0.137. The number of amides is 2. The molecule has 2 amide bonds. The van der Waals surface area contributed by atoms with Crippen LogP contribution in [0.3, 0.4) is 0 Å². The molecule has 1 fully saturated rings. The first-order chi connectivity index (χ1) is 9.99. The Balaban J connectivity index is 1.95. The molecular weight excluding hydrogens is 271 g/mol.